The van der Waals surface area contributed by atoms with E-state index in [9.17, 15) is 18.0 Å². The molecule has 1 aliphatic heterocycles. The topological polar surface area (TPSA) is 96.7 Å². The van der Waals surface area contributed by atoms with Gasteiger partial charge in [-0.15, -0.1) is 0 Å². The lowest BCUT2D eigenvalue weighted by Crippen LogP contribution is -2.25. The number of hydrogen-bond acceptors (Lipinski definition) is 4. The van der Waals surface area contributed by atoms with E-state index in [1.165, 1.54) is 3.97 Å². The van der Waals surface area contributed by atoms with Gasteiger partial charge in [0.25, 0.3) is 0 Å². The highest BCUT2D eigenvalue weighted by Crippen LogP contribution is 2.29. The van der Waals surface area contributed by atoms with Crippen LogP contribution in [0.15, 0.2) is 54.7 Å². The number of benzene rings is 2. The van der Waals surface area contributed by atoms with Gasteiger partial charge >= 0.3 is 5.97 Å². The Bertz CT molecular complexity index is 1380. The first kappa shape index (κ1) is 26.5. The summed E-state index contributed by atoms with van der Waals surface area (Å²) in [7, 11) is -3.52. The second kappa shape index (κ2) is 11.1. The zero-order valence-electron chi connectivity index (χ0n) is 19.9. The van der Waals surface area contributed by atoms with Gasteiger partial charge in [0.2, 0.25) is 15.9 Å². The van der Waals surface area contributed by atoms with Gasteiger partial charge < -0.3 is 10.0 Å². The number of halogens is 1. The van der Waals surface area contributed by atoms with Crippen LogP contribution in [0, 0.1) is 5.92 Å². The summed E-state index contributed by atoms with van der Waals surface area (Å²) in [5.41, 5.74) is 3.58. The molecule has 0 saturated carbocycles. The Morgan fingerprint density at radius 2 is 1.91 bits per heavy atom. The van der Waals surface area contributed by atoms with Gasteiger partial charge in [-0.2, -0.15) is 0 Å². The molecular weight excluding hydrogens is 488 g/mol. The van der Waals surface area contributed by atoms with Gasteiger partial charge in [-0.25, -0.2) is 12.4 Å². The highest BCUT2D eigenvalue weighted by atomic mass is 35.5. The van der Waals surface area contributed by atoms with Crippen molar-refractivity contribution in [3.8, 4) is 0 Å². The molecule has 0 fully saturated rings. The molecule has 2 aromatic carbocycles. The van der Waals surface area contributed by atoms with Crippen molar-refractivity contribution in [1.29, 1.82) is 0 Å². The third-order valence-electron chi connectivity index (χ3n) is 5.95. The molecule has 186 valence electrons. The predicted molar refractivity (Wildman–Crippen MR) is 140 cm³/mol. The predicted octanol–water partition coefficient (Wildman–Crippen LogP) is 5.21. The first-order valence-corrected chi connectivity index (χ1v) is 13.3. The standard InChI is InChI=1S/C21H19ClN2O3S.C5H10O2/c1-15(25)23-10-8-17-13-16(4-6-20(17)23)3-2-12-28(26,27)24-11-9-18-14-19(22)5-7-21(18)24;1-3-4(2)5(6)7/h2-7,9,11,13-14H,8,10,12H2,1H3;4H,3H2,1-2H3,(H,6,7). The minimum atomic E-state index is -3.52. The van der Waals surface area contributed by atoms with Crippen LogP contribution in [0.3, 0.4) is 0 Å². The Hall–Kier alpha value is -3.10. The fourth-order valence-electron chi connectivity index (χ4n) is 3.74. The Morgan fingerprint density at radius 3 is 2.54 bits per heavy atom. The molecule has 0 spiro atoms. The maximum atomic E-state index is 12.7. The normalized spacial score (nSPS) is 14.0. The van der Waals surface area contributed by atoms with Crippen molar-refractivity contribution in [2.45, 2.75) is 33.6 Å². The van der Waals surface area contributed by atoms with E-state index in [4.69, 9.17) is 16.7 Å². The number of carbonyl (C=O) groups is 2. The number of nitrogens with zero attached hydrogens (tertiary/aromatic N) is 2. The molecule has 1 N–H and O–H groups in total. The lowest BCUT2D eigenvalue weighted by atomic mass is 10.1. The van der Waals surface area contributed by atoms with Gasteiger partial charge in [-0.3, -0.25) is 9.59 Å². The van der Waals surface area contributed by atoms with Crippen molar-refractivity contribution in [3.05, 3.63) is 70.9 Å². The number of rotatable bonds is 6. The van der Waals surface area contributed by atoms with Crippen molar-refractivity contribution in [2.24, 2.45) is 5.92 Å². The van der Waals surface area contributed by atoms with Crippen LogP contribution in [0.5, 0.6) is 0 Å². The third kappa shape index (κ3) is 6.32. The van der Waals surface area contributed by atoms with Crippen molar-refractivity contribution >= 4 is 56.2 Å². The summed E-state index contributed by atoms with van der Waals surface area (Å²) in [6.07, 6.45) is 6.53. The Balaban J connectivity index is 0.000000429. The minimum absolute atomic E-state index is 0.0355. The van der Waals surface area contributed by atoms with Crippen LogP contribution in [0.2, 0.25) is 5.02 Å². The average molecular weight is 517 g/mol. The lowest BCUT2D eigenvalue weighted by molar-refractivity contribution is -0.141. The van der Waals surface area contributed by atoms with Gasteiger partial charge in [-0.05, 0) is 60.4 Å². The fraction of sp³-hybridized carbons (Fsp3) is 0.308. The van der Waals surface area contributed by atoms with E-state index in [1.807, 2.05) is 25.1 Å². The largest absolute Gasteiger partial charge is 0.481 e. The molecule has 0 aliphatic carbocycles. The van der Waals surface area contributed by atoms with Crippen LogP contribution >= 0.6 is 11.6 Å². The van der Waals surface area contributed by atoms with Crippen LogP contribution in [0.25, 0.3) is 17.0 Å². The molecule has 1 aliphatic rings. The van der Waals surface area contributed by atoms with Crippen molar-refractivity contribution in [2.75, 3.05) is 17.2 Å². The molecule has 35 heavy (non-hydrogen) atoms. The molecule has 0 radical (unpaired) electrons. The lowest BCUT2D eigenvalue weighted by Gasteiger charge is -2.14. The molecule has 0 bridgehead atoms. The molecule has 1 aromatic heterocycles. The maximum Gasteiger partial charge on any atom is 0.306 e. The molecule has 1 unspecified atom stereocenters. The van der Waals surface area contributed by atoms with Crippen LogP contribution in [0.1, 0.15) is 38.3 Å². The number of fused-ring (bicyclic) bond motifs is 2. The average Bonchev–Trinajstić information content (AvgIpc) is 3.42. The van der Waals surface area contributed by atoms with Gasteiger partial charge in [0.05, 0.1) is 17.2 Å². The summed E-state index contributed by atoms with van der Waals surface area (Å²) >= 11 is 5.97. The number of hydrogen-bond donors (Lipinski definition) is 1. The van der Waals surface area contributed by atoms with Gasteiger partial charge in [0.1, 0.15) is 0 Å². The smallest absolute Gasteiger partial charge is 0.306 e. The number of anilines is 1. The number of carbonyl (C=O) groups excluding carboxylic acids is 1. The zero-order valence-corrected chi connectivity index (χ0v) is 21.5. The number of aromatic nitrogens is 1. The molecule has 3 aromatic rings. The molecule has 0 saturated heterocycles. The monoisotopic (exact) mass is 516 g/mol. The van der Waals surface area contributed by atoms with Crippen LogP contribution in [-0.4, -0.2) is 41.7 Å². The SMILES string of the molecule is CC(=O)N1CCc2cc(C=CCS(=O)(=O)n3ccc4cc(Cl)ccc43)ccc21.CCC(C)C(=O)O. The molecule has 7 nitrogen and oxygen atoms in total. The summed E-state index contributed by atoms with van der Waals surface area (Å²) in [6.45, 7) is 5.81. The second-order valence-corrected chi connectivity index (χ2v) is 10.8. The van der Waals surface area contributed by atoms with Crippen molar-refractivity contribution < 1.29 is 23.1 Å². The Labute approximate surface area is 210 Å². The van der Waals surface area contributed by atoms with E-state index in [0.29, 0.717) is 17.1 Å². The van der Waals surface area contributed by atoms with Crippen LogP contribution < -0.4 is 4.90 Å². The van der Waals surface area contributed by atoms with Crippen molar-refractivity contribution in [3.63, 3.8) is 0 Å². The second-order valence-electron chi connectivity index (χ2n) is 8.45. The van der Waals surface area contributed by atoms with Gasteiger partial charge in [-0.1, -0.05) is 43.7 Å². The van der Waals surface area contributed by atoms with E-state index in [-0.39, 0.29) is 17.6 Å². The van der Waals surface area contributed by atoms with Gasteiger partial charge in [0.15, 0.2) is 0 Å². The van der Waals surface area contributed by atoms with E-state index >= 15 is 0 Å². The molecular formula is C26H29ClN2O5S. The van der Waals surface area contributed by atoms with Crippen molar-refractivity contribution in [1.82, 2.24) is 3.97 Å². The van der Waals surface area contributed by atoms with Crippen LogP contribution in [-0.2, 0) is 26.0 Å². The maximum absolute atomic E-state index is 12.7. The van der Waals surface area contributed by atoms with E-state index in [0.717, 1.165) is 35.0 Å². The summed E-state index contributed by atoms with van der Waals surface area (Å²) in [5.74, 6) is -0.966. The quantitative estimate of drug-likeness (QED) is 0.485. The zero-order chi connectivity index (χ0) is 25.8. The van der Waals surface area contributed by atoms with E-state index in [2.05, 4.69) is 0 Å². The first-order valence-electron chi connectivity index (χ1n) is 11.3. The highest BCUT2D eigenvalue weighted by molar-refractivity contribution is 7.90. The van der Waals surface area contributed by atoms with Crippen LogP contribution in [0.4, 0.5) is 5.69 Å². The molecule has 2 heterocycles. The summed E-state index contributed by atoms with van der Waals surface area (Å²) in [5, 5.41) is 9.54. The van der Waals surface area contributed by atoms with Gasteiger partial charge in [0, 0.05) is 35.8 Å². The first-order chi connectivity index (χ1) is 16.5. The molecule has 1 amide bonds. The summed E-state index contributed by atoms with van der Waals surface area (Å²) in [6, 6.07) is 12.7. The summed E-state index contributed by atoms with van der Waals surface area (Å²) < 4.78 is 26.7. The minimum Gasteiger partial charge on any atom is -0.481 e. The number of amides is 1. The molecule has 9 heteroatoms. The third-order valence-corrected chi connectivity index (χ3v) is 7.71. The Kier molecular flexibility index (Phi) is 8.40. The molecule has 1 atom stereocenters. The highest BCUT2D eigenvalue weighted by Gasteiger charge is 2.21. The fourth-order valence-corrected chi connectivity index (χ4v) is 5.14. The van der Waals surface area contributed by atoms with E-state index in [1.54, 1.807) is 61.4 Å². The number of aliphatic carboxylic acids is 1. The number of carboxylic acids is 1. The Morgan fingerprint density at radius 1 is 1.17 bits per heavy atom. The summed E-state index contributed by atoms with van der Waals surface area (Å²) in [4.78, 5) is 23.3. The van der Waals surface area contributed by atoms with E-state index < -0.39 is 16.0 Å². The number of carboxylic acid groups (broad SMARTS) is 1. The molecule has 4 rings (SSSR count).